The Hall–Kier alpha value is -0.220. The second kappa shape index (κ2) is 5.61. The van der Waals surface area contributed by atoms with E-state index in [1.165, 1.54) is 0 Å². The molecule has 2 atom stereocenters. The van der Waals surface area contributed by atoms with Crippen LogP contribution >= 0.6 is 11.8 Å². The van der Waals surface area contributed by atoms with E-state index in [4.69, 9.17) is 5.73 Å². The van der Waals surface area contributed by atoms with Crippen LogP contribution in [0.25, 0.3) is 0 Å². The van der Waals surface area contributed by atoms with Gasteiger partial charge in [-0.3, -0.25) is 4.79 Å². The van der Waals surface area contributed by atoms with Crippen LogP contribution in [0.1, 0.15) is 20.3 Å². The summed E-state index contributed by atoms with van der Waals surface area (Å²) in [6.45, 7) is 6.46. The second-order valence-corrected chi connectivity index (χ2v) is 5.35. The third kappa shape index (κ3) is 2.89. The number of rotatable bonds is 3. The quantitative estimate of drug-likeness (QED) is 0.763. The lowest BCUT2D eigenvalue weighted by molar-refractivity contribution is -0.135. The summed E-state index contributed by atoms with van der Waals surface area (Å²) in [7, 11) is 0. The number of thioether (sulfide) groups is 1. The minimum absolute atomic E-state index is 0.0327. The molecule has 1 saturated heterocycles. The Balaban J connectivity index is 2.50. The average molecular weight is 216 g/mol. The zero-order chi connectivity index (χ0) is 10.6. The van der Waals surface area contributed by atoms with Gasteiger partial charge >= 0.3 is 0 Å². The fourth-order valence-electron chi connectivity index (χ4n) is 1.72. The van der Waals surface area contributed by atoms with Crippen molar-refractivity contribution < 1.29 is 4.79 Å². The monoisotopic (exact) mass is 216 g/mol. The molecule has 1 aliphatic rings. The number of hydrogen-bond acceptors (Lipinski definition) is 3. The van der Waals surface area contributed by atoms with Gasteiger partial charge in [0.05, 0.1) is 5.92 Å². The van der Waals surface area contributed by atoms with Crippen LogP contribution < -0.4 is 5.73 Å². The molecule has 0 radical (unpaired) electrons. The number of nitrogens with zero attached hydrogens (tertiary/aromatic N) is 1. The summed E-state index contributed by atoms with van der Waals surface area (Å²) in [5, 5.41) is 0.572. The molecule has 2 unspecified atom stereocenters. The molecule has 2 N–H and O–H groups in total. The Bertz CT molecular complexity index is 195. The molecule has 0 aliphatic carbocycles. The van der Waals surface area contributed by atoms with Gasteiger partial charge in [0.25, 0.3) is 0 Å². The molecule has 1 fully saturated rings. The molecular formula is C10H20N2OS. The summed E-state index contributed by atoms with van der Waals surface area (Å²) < 4.78 is 0. The minimum Gasteiger partial charge on any atom is -0.340 e. The predicted molar refractivity (Wildman–Crippen MR) is 61.3 cm³/mol. The Labute approximate surface area is 90.4 Å². The van der Waals surface area contributed by atoms with E-state index in [9.17, 15) is 4.79 Å². The van der Waals surface area contributed by atoms with Crippen molar-refractivity contribution in [3.63, 3.8) is 0 Å². The Morgan fingerprint density at radius 2 is 2.43 bits per heavy atom. The van der Waals surface area contributed by atoms with Gasteiger partial charge < -0.3 is 10.6 Å². The smallest absolute Gasteiger partial charge is 0.227 e. The Kier molecular flexibility index (Phi) is 4.75. The van der Waals surface area contributed by atoms with Gasteiger partial charge in [0.15, 0.2) is 0 Å². The van der Waals surface area contributed by atoms with Gasteiger partial charge in [-0.2, -0.15) is 11.8 Å². The SMILES string of the molecule is CCC(CN)C(=O)N1CCSC(C)C1. The largest absolute Gasteiger partial charge is 0.340 e. The van der Waals surface area contributed by atoms with Gasteiger partial charge in [0, 0.05) is 30.6 Å². The molecule has 1 amide bonds. The third-order valence-electron chi connectivity index (χ3n) is 2.68. The molecule has 14 heavy (non-hydrogen) atoms. The molecule has 0 bridgehead atoms. The molecular weight excluding hydrogens is 196 g/mol. The van der Waals surface area contributed by atoms with Crippen LogP contribution in [0.4, 0.5) is 0 Å². The van der Waals surface area contributed by atoms with Crippen molar-refractivity contribution in [2.45, 2.75) is 25.5 Å². The van der Waals surface area contributed by atoms with E-state index in [1.54, 1.807) is 0 Å². The lowest BCUT2D eigenvalue weighted by Crippen LogP contribution is -2.45. The van der Waals surface area contributed by atoms with Gasteiger partial charge in [-0.15, -0.1) is 0 Å². The molecule has 1 rings (SSSR count). The zero-order valence-electron chi connectivity index (χ0n) is 9.03. The van der Waals surface area contributed by atoms with Crippen molar-refractivity contribution in [1.29, 1.82) is 0 Å². The van der Waals surface area contributed by atoms with Crippen molar-refractivity contribution in [3.05, 3.63) is 0 Å². The van der Waals surface area contributed by atoms with Gasteiger partial charge in [0.2, 0.25) is 5.91 Å². The van der Waals surface area contributed by atoms with Gasteiger partial charge in [-0.1, -0.05) is 13.8 Å². The molecule has 0 aromatic carbocycles. The molecule has 0 aromatic heterocycles. The summed E-state index contributed by atoms with van der Waals surface area (Å²) in [6, 6.07) is 0. The molecule has 1 heterocycles. The summed E-state index contributed by atoms with van der Waals surface area (Å²) in [5.74, 6) is 1.35. The van der Waals surface area contributed by atoms with Crippen molar-refractivity contribution in [1.82, 2.24) is 4.90 Å². The fraction of sp³-hybridized carbons (Fsp3) is 0.900. The standard InChI is InChI=1S/C10H20N2OS/c1-3-9(6-11)10(13)12-4-5-14-8(2)7-12/h8-9H,3-7,11H2,1-2H3. The summed E-state index contributed by atoms with van der Waals surface area (Å²) in [5.41, 5.74) is 5.57. The van der Waals surface area contributed by atoms with E-state index in [0.29, 0.717) is 11.8 Å². The lowest BCUT2D eigenvalue weighted by Gasteiger charge is -2.32. The third-order valence-corrected chi connectivity index (χ3v) is 3.82. The van der Waals surface area contributed by atoms with Crippen molar-refractivity contribution in [2.75, 3.05) is 25.4 Å². The highest BCUT2D eigenvalue weighted by Crippen LogP contribution is 2.19. The minimum atomic E-state index is 0.0327. The molecule has 0 aromatic rings. The van der Waals surface area contributed by atoms with Gasteiger partial charge in [-0.05, 0) is 6.42 Å². The fourth-order valence-corrected chi connectivity index (χ4v) is 2.73. The Morgan fingerprint density at radius 3 is 2.93 bits per heavy atom. The number of amides is 1. The van der Waals surface area contributed by atoms with Crippen molar-refractivity contribution >= 4 is 17.7 Å². The van der Waals surface area contributed by atoms with E-state index in [-0.39, 0.29) is 11.8 Å². The summed E-state index contributed by atoms with van der Waals surface area (Å²) >= 11 is 1.94. The highest BCUT2D eigenvalue weighted by Gasteiger charge is 2.25. The Morgan fingerprint density at radius 1 is 1.71 bits per heavy atom. The highest BCUT2D eigenvalue weighted by atomic mass is 32.2. The first kappa shape index (κ1) is 11.9. The molecule has 3 nitrogen and oxygen atoms in total. The molecule has 4 heteroatoms. The maximum Gasteiger partial charge on any atom is 0.227 e. The van der Waals surface area contributed by atoms with Crippen LogP contribution in [0.2, 0.25) is 0 Å². The normalized spacial score (nSPS) is 24.8. The zero-order valence-corrected chi connectivity index (χ0v) is 9.85. The number of carbonyl (C=O) groups is 1. The number of hydrogen-bond donors (Lipinski definition) is 1. The first-order chi connectivity index (χ1) is 6.69. The van der Waals surface area contributed by atoms with Crippen molar-refractivity contribution in [3.8, 4) is 0 Å². The lowest BCUT2D eigenvalue weighted by atomic mass is 10.1. The van der Waals surface area contributed by atoms with Gasteiger partial charge in [0.1, 0.15) is 0 Å². The van der Waals surface area contributed by atoms with E-state index in [0.717, 1.165) is 25.3 Å². The van der Waals surface area contributed by atoms with E-state index < -0.39 is 0 Å². The maximum absolute atomic E-state index is 11.9. The second-order valence-electron chi connectivity index (χ2n) is 3.81. The van der Waals surface area contributed by atoms with Crippen LogP contribution in [-0.4, -0.2) is 41.4 Å². The van der Waals surface area contributed by atoms with E-state index >= 15 is 0 Å². The summed E-state index contributed by atoms with van der Waals surface area (Å²) in [4.78, 5) is 13.9. The number of carbonyl (C=O) groups excluding carboxylic acids is 1. The first-order valence-electron chi connectivity index (χ1n) is 5.29. The number of nitrogens with two attached hydrogens (primary N) is 1. The first-order valence-corrected chi connectivity index (χ1v) is 6.34. The molecule has 82 valence electrons. The van der Waals surface area contributed by atoms with Crippen molar-refractivity contribution in [2.24, 2.45) is 11.7 Å². The van der Waals surface area contributed by atoms with Crippen LogP contribution in [0.15, 0.2) is 0 Å². The van der Waals surface area contributed by atoms with Gasteiger partial charge in [-0.25, -0.2) is 0 Å². The highest BCUT2D eigenvalue weighted by molar-refractivity contribution is 7.99. The molecule has 0 spiro atoms. The topological polar surface area (TPSA) is 46.3 Å². The van der Waals surface area contributed by atoms with Crippen LogP contribution in [0, 0.1) is 5.92 Å². The molecule has 0 saturated carbocycles. The average Bonchev–Trinajstić information content (AvgIpc) is 2.19. The summed E-state index contributed by atoms with van der Waals surface area (Å²) in [6.07, 6.45) is 0.855. The maximum atomic E-state index is 11.9. The van der Waals surface area contributed by atoms with Crippen LogP contribution in [0.3, 0.4) is 0 Å². The van der Waals surface area contributed by atoms with Crippen LogP contribution in [-0.2, 0) is 4.79 Å². The van der Waals surface area contributed by atoms with E-state index in [1.807, 2.05) is 23.6 Å². The van der Waals surface area contributed by atoms with E-state index in [2.05, 4.69) is 6.92 Å². The molecule has 1 aliphatic heterocycles. The predicted octanol–water partition coefficient (Wildman–Crippen LogP) is 0.935. The van der Waals surface area contributed by atoms with Crippen LogP contribution in [0.5, 0.6) is 0 Å².